The number of alkyl halides is 3. The molecule has 0 aliphatic carbocycles. The van der Waals surface area contributed by atoms with E-state index in [4.69, 9.17) is 13.0 Å². The Bertz CT molecular complexity index is 173. The smallest absolute Gasteiger partial charge is 0.279 e. The summed E-state index contributed by atoms with van der Waals surface area (Å²) in [4.78, 5) is 0. The van der Waals surface area contributed by atoms with Crippen LogP contribution in [0.25, 0.3) is 0 Å². The van der Waals surface area contributed by atoms with Crippen LogP contribution >= 0.6 is 0 Å². The fourth-order valence-corrected chi connectivity index (χ4v) is 0. The molecule has 0 saturated heterocycles. The van der Waals surface area contributed by atoms with Crippen molar-refractivity contribution >= 4 is 10.1 Å². The molecule has 0 aromatic rings. The van der Waals surface area contributed by atoms with Gasteiger partial charge in [-0.25, -0.2) is 0 Å². The quantitative estimate of drug-likeness (QED) is 0.400. The minimum absolute atomic E-state index is 0. The predicted octanol–water partition coefficient (Wildman–Crippen LogP) is 0.389. The molecule has 0 rings (SSSR count). The van der Waals surface area contributed by atoms with Gasteiger partial charge in [-0.3, -0.25) is 4.55 Å². The summed E-state index contributed by atoms with van der Waals surface area (Å²) < 4.78 is 57.5. The zero-order valence-corrected chi connectivity index (χ0v) is 7.21. The molecule has 10 heavy (non-hydrogen) atoms. The summed E-state index contributed by atoms with van der Waals surface area (Å²) in [6.45, 7) is 0. The van der Waals surface area contributed by atoms with Crippen LogP contribution in [0.3, 0.4) is 0 Å². The molecular weight excluding hydrogens is 316 g/mol. The number of hydrogen-bond donors (Lipinski definition) is 1. The van der Waals surface area contributed by atoms with Gasteiger partial charge in [0.05, 0.1) is 0 Å². The van der Waals surface area contributed by atoms with Gasteiger partial charge in [-0.05, 0) is 0 Å². The van der Waals surface area contributed by atoms with Gasteiger partial charge in [0.1, 0.15) is 0 Å². The summed E-state index contributed by atoms with van der Waals surface area (Å²) in [5.74, 6) is 0. The van der Waals surface area contributed by atoms with E-state index in [-0.39, 0.29) is 38.9 Å². The molecule has 0 spiro atoms. The Balaban J connectivity index is -0.000000245. The average Bonchev–Trinajstić information content (AvgIpc) is 1.25. The van der Waals surface area contributed by atoms with Gasteiger partial charge in [0.2, 0.25) is 0 Å². The molecule has 0 saturated carbocycles. The van der Waals surface area contributed by atoms with Crippen molar-refractivity contribution in [2.45, 2.75) is 5.51 Å². The number of rotatable bonds is 0. The van der Waals surface area contributed by atoms with Crippen molar-refractivity contribution in [3.8, 4) is 0 Å². The molecule has 0 unspecified atom stereocenters. The number of hydrogen-bond acceptors (Lipinski definition) is 2. The maximum absolute atomic E-state index is 10.7. The Labute approximate surface area is 80.5 Å². The summed E-state index contributed by atoms with van der Waals surface area (Å²) in [5, 5.41) is 0. The van der Waals surface area contributed by atoms with E-state index >= 15 is 0 Å². The second-order valence-electron chi connectivity index (χ2n) is 0.921. The van der Waals surface area contributed by atoms with E-state index in [1.807, 2.05) is 0 Å². The van der Waals surface area contributed by atoms with Gasteiger partial charge >= 0.3 is 15.6 Å². The molecular formula is CHAgF3NiO3S. The maximum Gasteiger partial charge on any atom is 0.522 e. The van der Waals surface area contributed by atoms with E-state index < -0.39 is 15.6 Å². The van der Waals surface area contributed by atoms with Crippen molar-refractivity contribution in [1.82, 2.24) is 0 Å². The van der Waals surface area contributed by atoms with E-state index in [1.54, 1.807) is 0 Å². The van der Waals surface area contributed by atoms with E-state index in [1.165, 1.54) is 0 Å². The largest absolute Gasteiger partial charge is 0.522 e. The zero-order chi connectivity index (χ0) is 7.00. The molecule has 71 valence electrons. The normalized spacial score (nSPS) is 11.2. The van der Waals surface area contributed by atoms with Gasteiger partial charge in [0.25, 0.3) is 0 Å². The van der Waals surface area contributed by atoms with Gasteiger partial charge in [0.15, 0.2) is 0 Å². The SMILES string of the molecule is O=S(=O)(O)C(F)(F)F.[Ag].[Ni]. The summed E-state index contributed by atoms with van der Waals surface area (Å²) >= 11 is 0. The standard InChI is InChI=1S/CHF3O3S.Ag.Ni/c2-1(3,4)8(5,6)7;;/h(H,5,6,7);;. The van der Waals surface area contributed by atoms with Crippen molar-refractivity contribution in [1.29, 1.82) is 0 Å². The van der Waals surface area contributed by atoms with E-state index in [0.717, 1.165) is 0 Å². The van der Waals surface area contributed by atoms with Crippen LogP contribution in [0.1, 0.15) is 0 Å². The molecule has 1 radical (unpaired) electrons. The van der Waals surface area contributed by atoms with Crippen LogP contribution < -0.4 is 0 Å². The number of halogens is 3. The first kappa shape index (κ1) is 17.1. The summed E-state index contributed by atoms with van der Waals surface area (Å²) in [5.41, 5.74) is -5.53. The molecule has 3 nitrogen and oxygen atoms in total. The molecule has 1 N–H and O–H groups in total. The molecule has 0 aromatic carbocycles. The van der Waals surface area contributed by atoms with E-state index in [9.17, 15) is 13.2 Å². The van der Waals surface area contributed by atoms with Gasteiger partial charge < -0.3 is 0 Å². The summed E-state index contributed by atoms with van der Waals surface area (Å²) in [6.07, 6.45) is 0. The minimum Gasteiger partial charge on any atom is -0.279 e. The van der Waals surface area contributed by atoms with Gasteiger partial charge in [-0.1, -0.05) is 0 Å². The second kappa shape index (κ2) is 4.74. The first-order valence-corrected chi connectivity index (χ1v) is 2.73. The Kier molecular flexibility index (Phi) is 8.12. The van der Waals surface area contributed by atoms with Crippen LogP contribution in [0.4, 0.5) is 13.2 Å². The van der Waals surface area contributed by atoms with Crippen LogP contribution in [-0.2, 0) is 49.0 Å². The fraction of sp³-hybridized carbons (Fsp3) is 1.00. The zero-order valence-electron chi connectivity index (χ0n) is 3.92. The Hall–Kier alpha value is 0.934. The minimum atomic E-state index is -5.84. The Morgan fingerprint density at radius 1 is 1.20 bits per heavy atom. The fourth-order valence-electron chi connectivity index (χ4n) is 0. The molecule has 0 aliphatic rings. The molecule has 0 aromatic heterocycles. The second-order valence-corrected chi connectivity index (χ2v) is 2.33. The van der Waals surface area contributed by atoms with Gasteiger partial charge in [0, 0.05) is 38.9 Å². The molecule has 0 bridgehead atoms. The van der Waals surface area contributed by atoms with Crippen LogP contribution in [-0.4, -0.2) is 18.5 Å². The first-order valence-electron chi connectivity index (χ1n) is 1.29. The molecule has 0 aliphatic heterocycles. The van der Waals surface area contributed by atoms with Crippen molar-refractivity contribution in [2.24, 2.45) is 0 Å². The van der Waals surface area contributed by atoms with Gasteiger partial charge in [-0.2, -0.15) is 21.6 Å². The average molecular weight is 317 g/mol. The Morgan fingerprint density at radius 2 is 1.30 bits per heavy atom. The van der Waals surface area contributed by atoms with Crippen molar-refractivity contribution in [3.63, 3.8) is 0 Å². The molecule has 0 amide bonds. The van der Waals surface area contributed by atoms with Crippen molar-refractivity contribution in [3.05, 3.63) is 0 Å². The summed E-state index contributed by atoms with van der Waals surface area (Å²) in [7, 11) is -5.84. The van der Waals surface area contributed by atoms with Crippen LogP contribution in [0, 0.1) is 0 Å². The van der Waals surface area contributed by atoms with Crippen LogP contribution in [0.15, 0.2) is 0 Å². The van der Waals surface area contributed by atoms with Crippen molar-refractivity contribution < 1.29 is 65.0 Å². The topological polar surface area (TPSA) is 54.4 Å². The molecule has 0 atom stereocenters. The van der Waals surface area contributed by atoms with E-state index in [0.29, 0.717) is 0 Å². The third-order valence-corrected chi connectivity index (χ3v) is 0.877. The third kappa shape index (κ3) is 5.70. The van der Waals surface area contributed by atoms with Crippen LogP contribution in [0.5, 0.6) is 0 Å². The maximum atomic E-state index is 10.7. The van der Waals surface area contributed by atoms with E-state index in [2.05, 4.69) is 0 Å². The first-order chi connectivity index (χ1) is 3.25. The molecule has 0 heterocycles. The molecule has 9 heteroatoms. The van der Waals surface area contributed by atoms with Crippen LogP contribution in [0.2, 0.25) is 0 Å². The predicted molar refractivity (Wildman–Crippen MR) is 17.6 cm³/mol. The van der Waals surface area contributed by atoms with Crippen molar-refractivity contribution in [2.75, 3.05) is 0 Å². The van der Waals surface area contributed by atoms with Gasteiger partial charge in [-0.15, -0.1) is 0 Å². The summed E-state index contributed by atoms with van der Waals surface area (Å²) in [6, 6.07) is 0. The molecule has 0 fully saturated rings. The third-order valence-electron chi connectivity index (χ3n) is 0.292. The Morgan fingerprint density at radius 3 is 1.30 bits per heavy atom. The monoisotopic (exact) mass is 315 g/mol.